The Kier molecular flexibility index (Phi) is 5.14. The molecule has 0 spiro atoms. The van der Waals surface area contributed by atoms with Crippen molar-refractivity contribution in [3.63, 3.8) is 0 Å². The molecular weight excluding hydrogens is 332 g/mol. The van der Waals surface area contributed by atoms with E-state index in [1.807, 2.05) is 44.4 Å². The number of hydrogen-bond acceptors (Lipinski definition) is 4. The molecule has 1 N–H and O–H groups in total. The van der Waals surface area contributed by atoms with Gasteiger partial charge in [0.05, 0.1) is 10.7 Å². The molecule has 1 heterocycles. The van der Waals surface area contributed by atoms with Gasteiger partial charge in [-0.15, -0.1) is 11.3 Å². The van der Waals surface area contributed by atoms with Gasteiger partial charge < -0.3 is 10.1 Å². The van der Waals surface area contributed by atoms with E-state index in [9.17, 15) is 4.79 Å². The number of hydrogen-bond donors (Lipinski definition) is 1. The molecular formula is C20H20N2O2S. The topological polar surface area (TPSA) is 51.2 Å². The summed E-state index contributed by atoms with van der Waals surface area (Å²) in [6.07, 6.45) is 0. The number of thiazole rings is 1. The normalized spacial score (nSPS) is 10.5. The number of carbonyl (C=O) groups is 1. The number of benzene rings is 2. The molecule has 0 saturated carbocycles. The highest BCUT2D eigenvalue weighted by molar-refractivity contribution is 7.09. The van der Waals surface area contributed by atoms with Crippen LogP contribution in [-0.4, -0.2) is 10.9 Å². The maximum absolute atomic E-state index is 12.4. The zero-order valence-electron chi connectivity index (χ0n) is 14.5. The van der Waals surface area contributed by atoms with Gasteiger partial charge in [-0.2, -0.15) is 0 Å². The van der Waals surface area contributed by atoms with Crippen LogP contribution in [0.15, 0.2) is 47.8 Å². The van der Waals surface area contributed by atoms with Gasteiger partial charge in [0.25, 0.3) is 5.91 Å². The molecule has 2 aromatic carbocycles. The molecule has 25 heavy (non-hydrogen) atoms. The van der Waals surface area contributed by atoms with Crippen LogP contribution in [0.3, 0.4) is 0 Å². The van der Waals surface area contributed by atoms with E-state index < -0.39 is 0 Å². The van der Waals surface area contributed by atoms with Crippen LogP contribution in [0.5, 0.6) is 5.75 Å². The average molecular weight is 352 g/mol. The number of aromatic nitrogens is 1. The number of ether oxygens (including phenoxy) is 1. The molecule has 3 rings (SSSR count). The number of amides is 1. The Hall–Kier alpha value is -2.66. The summed E-state index contributed by atoms with van der Waals surface area (Å²) in [7, 11) is 0. The van der Waals surface area contributed by atoms with Crippen molar-refractivity contribution in [2.75, 3.05) is 5.32 Å². The Balaban J connectivity index is 1.63. The smallest absolute Gasteiger partial charge is 0.255 e. The van der Waals surface area contributed by atoms with Crippen LogP contribution >= 0.6 is 11.3 Å². The van der Waals surface area contributed by atoms with Crippen LogP contribution in [0.2, 0.25) is 0 Å². The molecule has 0 unspecified atom stereocenters. The molecule has 3 aromatic rings. The van der Waals surface area contributed by atoms with Crippen LogP contribution in [0.1, 0.15) is 32.2 Å². The fourth-order valence-electron chi connectivity index (χ4n) is 2.42. The van der Waals surface area contributed by atoms with Crippen LogP contribution in [0, 0.1) is 20.8 Å². The summed E-state index contributed by atoms with van der Waals surface area (Å²) in [5.74, 6) is 0.587. The lowest BCUT2D eigenvalue weighted by molar-refractivity contribution is 0.102. The van der Waals surface area contributed by atoms with E-state index in [1.165, 1.54) is 0 Å². The Morgan fingerprint density at radius 3 is 2.56 bits per heavy atom. The lowest BCUT2D eigenvalue weighted by Gasteiger charge is -2.11. The SMILES string of the molecule is Cc1nc(COc2ccc(C(=O)Nc3cccc(C)c3C)cc2)cs1. The van der Waals surface area contributed by atoms with E-state index in [1.54, 1.807) is 35.6 Å². The lowest BCUT2D eigenvalue weighted by Crippen LogP contribution is -2.13. The highest BCUT2D eigenvalue weighted by atomic mass is 32.1. The number of aryl methyl sites for hydroxylation is 2. The molecule has 0 atom stereocenters. The monoisotopic (exact) mass is 352 g/mol. The van der Waals surface area contributed by atoms with Crippen LogP contribution in [0.4, 0.5) is 5.69 Å². The van der Waals surface area contributed by atoms with Gasteiger partial charge >= 0.3 is 0 Å². The van der Waals surface area contributed by atoms with E-state index in [0.717, 1.165) is 27.5 Å². The zero-order valence-corrected chi connectivity index (χ0v) is 15.3. The molecule has 0 radical (unpaired) electrons. The number of carbonyl (C=O) groups excluding carboxylic acids is 1. The summed E-state index contributed by atoms with van der Waals surface area (Å²) in [6, 6.07) is 13.0. The second kappa shape index (κ2) is 7.49. The average Bonchev–Trinajstić information content (AvgIpc) is 3.03. The minimum absolute atomic E-state index is 0.129. The fourth-order valence-corrected chi connectivity index (χ4v) is 3.01. The predicted molar refractivity (Wildman–Crippen MR) is 101 cm³/mol. The Morgan fingerprint density at radius 1 is 1.12 bits per heavy atom. The Labute approximate surface area is 151 Å². The third kappa shape index (κ3) is 4.25. The fraction of sp³-hybridized carbons (Fsp3) is 0.200. The molecule has 1 amide bonds. The van der Waals surface area contributed by atoms with Gasteiger partial charge in [0.15, 0.2) is 0 Å². The first kappa shape index (κ1) is 17.2. The summed E-state index contributed by atoms with van der Waals surface area (Å²) in [6.45, 7) is 6.43. The molecule has 0 aliphatic carbocycles. The van der Waals surface area contributed by atoms with Crippen molar-refractivity contribution < 1.29 is 9.53 Å². The highest BCUT2D eigenvalue weighted by Crippen LogP contribution is 2.20. The van der Waals surface area contributed by atoms with Crippen molar-refractivity contribution in [2.24, 2.45) is 0 Å². The third-order valence-electron chi connectivity index (χ3n) is 4.02. The second-order valence-corrected chi connectivity index (χ2v) is 6.93. The Morgan fingerprint density at radius 2 is 1.88 bits per heavy atom. The molecule has 0 aliphatic rings. The van der Waals surface area contributed by atoms with Crippen molar-refractivity contribution in [3.05, 3.63) is 75.2 Å². The number of nitrogens with zero attached hydrogens (tertiary/aromatic N) is 1. The van der Waals surface area contributed by atoms with Gasteiger partial charge in [0.1, 0.15) is 12.4 Å². The van der Waals surface area contributed by atoms with Crippen molar-refractivity contribution in [3.8, 4) is 5.75 Å². The Bertz CT molecular complexity index is 885. The predicted octanol–water partition coefficient (Wildman–Crippen LogP) is 4.90. The van der Waals surface area contributed by atoms with E-state index in [2.05, 4.69) is 10.3 Å². The largest absolute Gasteiger partial charge is 0.487 e. The van der Waals surface area contributed by atoms with Gasteiger partial charge in [-0.3, -0.25) is 4.79 Å². The van der Waals surface area contributed by atoms with Crippen molar-refractivity contribution in [1.82, 2.24) is 4.98 Å². The van der Waals surface area contributed by atoms with Crippen molar-refractivity contribution >= 4 is 22.9 Å². The molecule has 128 valence electrons. The van der Waals surface area contributed by atoms with Gasteiger partial charge in [-0.05, 0) is 62.2 Å². The van der Waals surface area contributed by atoms with Gasteiger partial charge in [0, 0.05) is 16.6 Å². The maximum atomic E-state index is 12.4. The summed E-state index contributed by atoms with van der Waals surface area (Å²) in [5, 5.41) is 5.97. The first-order valence-corrected chi connectivity index (χ1v) is 8.92. The van der Waals surface area contributed by atoms with E-state index in [0.29, 0.717) is 17.9 Å². The number of anilines is 1. The molecule has 4 nitrogen and oxygen atoms in total. The maximum Gasteiger partial charge on any atom is 0.255 e. The molecule has 0 fully saturated rings. The quantitative estimate of drug-likeness (QED) is 0.710. The number of rotatable bonds is 5. The van der Waals surface area contributed by atoms with E-state index in [-0.39, 0.29) is 5.91 Å². The summed E-state index contributed by atoms with van der Waals surface area (Å²) < 4.78 is 5.71. The van der Waals surface area contributed by atoms with Crippen LogP contribution in [-0.2, 0) is 6.61 Å². The first-order valence-electron chi connectivity index (χ1n) is 8.04. The van der Waals surface area contributed by atoms with Crippen molar-refractivity contribution in [2.45, 2.75) is 27.4 Å². The van der Waals surface area contributed by atoms with Gasteiger partial charge in [-0.1, -0.05) is 12.1 Å². The minimum atomic E-state index is -0.129. The molecule has 5 heteroatoms. The highest BCUT2D eigenvalue weighted by Gasteiger charge is 2.09. The van der Waals surface area contributed by atoms with E-state index in [4.69, 9.17) is 4.74 Å². The van der Waals surface area contributed by atoms with Crippen LogP contribution in [0.25, 0.3) is 0 Å². The standard InChI is InChI=1S/C20H20N2O2S/c1-13-5-4-6-19(14(13)2)22-20(23)16-7-9-18(10-8-16)24-11-17-12-25-15(3)21-17/h4-10,12H,11H2,1-3H3,(H,22,23). The summed E-state index contributed by atoms with van der Waals surface area (Å²) in [4.78, 5) is 16.8. The molecule has 0 saturated heterocycles. The minimum Gasteiger partial charge on any atom is -0.487 e. The molecule has 1 aromatic heterocycles. The third-order valence-corrected chi connectivity index (χ3v) is 4.84. The molecule has 0 aliphatic heterocycles. The second-order valence-electron chi connectivity index (χ2n) is 5.87. The van der Waals surface area contributed by atoms with Gasteiger partial charge in [-0.25, -0.2) is 4.98 Å². The first-order chi connectivity index (χ1) is 12.0. The summed E-state index contributed by atoms with van der Waals surface area (Å²) in [5.41, 5.74) is 4.58. The molecule has 0 bridgehead atoms. The van der Waals surface area contributed by atoms with Crippen molar-refractivity contribution in [1.29, 1.82) is 0 Å². The van der Waals surface area contributed by atoms with E-state index >= 15 is 0 Å². The lowest BCUT2D eigenvalue weighted by atomic mass is 10.1. The van der Waals surface area contributed by atoms with Crippen LogP contribution < -0.4 is 10.1 Å². The zero-order chi connectivity index (χ0) is 17.8. The number of nitrogens with one attached hydrogen (secondary N) is 1. The van der Waals surface area contributed by atoms with Gasteiger partial charge in [0.2, 0.25) is 0 Å². The summed E-state index contributed by atoms with van der Waals surface area (Å²) >= 11 is 1.60.